The van der Waals surface area contributed by atoms with Crippen LogP contribution in [0.2, 0.25) is 0 Å². The Morgan fingerprint density at radius 1 is 1.39 bits per heavy atom. The molecule has 0 bridgehead atoms. The molecule has 1 aromatic carbocycles. The maximum atomic E-state index is 13.2. The van der Waals surface area contributed by atoms with Gasteiger partial charge in [0.15, 0.2) is 0 Å². The third kappa shape index (κ3) is 4.40. The van der Waals surface area contributed by atoms with Crippen LogP contribution >= 0.6 is 0 Å². The molecule has 18 heavy (non-hydrogen) atoms. The normalized spacial score (nSPS) is 11.7. The predicted molar refractivity (Wildman–Crippen MR) is 64.9 cm³/mol. The minimum Gasteiger partial charge on any atom is -0.481 e. The zero-order valence-corrected chi connectivity index (χ0v) is 9.94. The number of rotatable bonds is 5. The molecule has 0 aliphatic rings. The first-order valence-electron chi connectivity index (χ1n) is 5.56. The lowest BCUT2D eigenvalue weighted by molar-refractivity contribution is -0.137. The highest BCUT2D eigenvalue weighted by Gasteiger charge is 2.14. The summed E-state index contributed by atoms with van der Waals surface area (Å²) >= 11 is 0. The molecule has 0 radical (unpaired) electrons. The van der Waals surface area contributed by atoms with Crippen molar-refractivity contribution >= 4 is 17.7 Å². The second-order valence-corrected chi connectivity index (χ2v) is 3.78. The molecule has 0 aromatic heterocycles. The van der Waals surface area contributed by atoms with Crippen molar-refractivity contribution in [2.45, 2.75) is 25.8 Å². The van der Waals surface area contributed by atoms with Crippen molar-refractivity contribution in [1.29, 1.82) is 0 Å². The number of hydrogen-bond acceptors (Lipinski definition) is 2. The Balaban J connectivity index is 2.55. The number of aliphatic carboxylic acids is 1. The van der Waals surface area contributed by atoms with Crippen molar-refractivity contribution in [2.24, 2.45) is 0 Å². The van der Waals surface area contributed by atoms with Crippen LogP contribution in [0.1, 0.15) is 19.8 Å². The van der Waals surface area contributed by atoms with Crippen molar-refractivity contribution < 1.29 is 19.1 Å². The van der Waals surface area contributed by atoms with Crippen molar-refractivity contribution in [3.8, 4) is 0 Å². The lowest BCUT2D eigenvalue weighted by Crippen LogP contribution is -2.39. The highest BCUT2D eigenvalue weighted by atomic mass is 19.1. The van der Waals surface area contributed by atoms with E-state index in [2.05, 4.69) is 10.6 Å². The number of amides is 2. The number of carbonyl (C=O) groups excluding carboxylic acids is 1. The molecular formula is C12H15FN2O3. The molecule has 1 rings (SSSR count). The van der Waals surface area contributed by atoms with Gasteiger partial charge in [0, 0.05) is 6.04 Å². The van der Waals surface area contributed by atoms with Crippen LogP contribution < -0.4 is 10.6 Å². The van der Waals surface area contributed by atoms with Crippen LogP contribution in [0.4, 0.5) is 14.9 Å². The van der Waals surface area contributed by atoms with Gasteiger partial charge in [-0.15, -0.1) is 0 Å². The van der Waals surface area contributed by atoms with E-state index in [1.54, 1.807) is 13.0 Å². The summed E-state index contributed by atoms with van der Waals surface area (Å²) in [5.74, 6) is -1.54. The lowest BCUT2D eigenvalue weighted by Gasteiger charge is -2.15. The van der Waals surface area contributed by atoms with Crippen molar-refractivity contribution in [1.82, 2.24) is 5.32 Å². The van der Waals surface area contributed by atoms with E-state index < -0.39 is 23.9 Å². The van der Waals surface area contributed by atoms with E-state index in [1.165, 1.54) is 18.2 Å². The first kappa shape index (κ1) is 14.0. The summed E-state index contributed by atoms with van der Waals surface area (Å²) in [7, 11) is 0. The summed E-state index contributed by atoms with van der Waals surface area (Å²) in [4.78, 5) is 22.1. The lowest BCUT2D eigenvalue weighted by atomic mass is 10.1. The third-order valence-electron chi connectivity index (χ3n) is 2.37. The Morgan fingerprint density at radius 3 is 2.61 bits per heavy atom. The van der Waals surface area contributed by atoms with Crippen LogP contribution in [0.3, 0.4) is 0 Å². The summed E-state index contributed by atoms with van der Waals surface area (Å²) in [6, 6.07) is 4.66. The van der Waals surface area contributed by atoms with Gasteiger partial charge >= 0.3 is 12.0 Å². The maximum Gasteiger partial charge on any atom is 0.319 e. The van der Waals surface area contributed by atoms with E-state index in [1.807, 2.05) is 0 Å². The summed E-state index contributed by atoms with van der Waals surface area (Å²) in [5, 5.41) is 13.4. The number of halogens is 1. The van der Waals surface area contributed by atoms with E-state index >= 15 is 0 Å². The SMILES string of the molecule is CCC(CC(=O)O)NC(=O)Nc1ccccc1F. The first-order valence-corrected chi connectivity index (χ1v) is 5.56. The van der Waals surface area contributed by atoms with Crippen LogP contribution in [0, 0.1) is 5.82 Å². The molecule has 0 spiro atoms. The number of urea groups is 1. The van der Waals surface area contributed by atoms with Gasteiger partial charge in [0.2, 0.25) is 0 Å². The summed E-state index contributed by atoms with van der Waals surface area (Å²) in [5.41, 5.74) is 0.0557. The highest BCUT2D eigenvalue weighted by Crippen LogP contribution is 2.12. The summed E-state index contributed by atoms with van der Waals surface area (Å²) in [6.45, 7) is 1.76. The predicted octanol–water partition coefficient (Wildman–Crippen LogP) is 2.20. The Kier molecular flexibility index (Phi) is 5.10. The zero-order chi connectivity index (χ0) is 13.5. The van der Waals surface area contributed by atoms with Crippen molar-refractivity contribution in [2.75, 3.05) is 5.32 Å². The number of hydrogen-bond donors (Lipinski definition) is 3. The molecular weight excluding hydrogens is 239 g/mol. The largest absolute Gasteiger partial charge is 0.481 e. The summed E-state index contributed by atoms with van der Waals surface area (Å²) in [6.07, 6.45) is 0.318. The second kappa shape index (κ2) is 6.58. The fourth-order valence-electron chi connectivity index (χ4n) is 1.41. The highest BCUT2D eigenvalue weighted by molar-refractivity contribution is 5.89. The van der Waals surface area contributed by atoms with Gasteiger partial charge in [-0.3, -0.25) is 4.79 Å². The Hall–Kier alpha value is -2.11. The average Bonchev–Trinajstić information content (AvgIpc) is 2.30. The Bertz CT molecular complexity index is 437. The van der Waals surface area contributed by atoms with E-state index in [0.29, 0.717) is 6.42 Å². The standard InChI is InChI=1S/C12H15FN2O3/c1-2-8(7-11(16)17)14-12(18)15-10-6-4-3-5-9(10)13/h3-6,8H,2,7H2,1H3,(H,16,17)(H2,14,15,18). The van der Waals surface area contributed by atoms with Gasteiger partial charge < -0.3 is 15.7 Å². The molecule has 2 amide bonds. The Morgan fingerprint density at radius 2 is 2.06 bits per heavy atom. The number of anilines is 1. The van der Waals surface area contributed by atoms with Crippen LogP contribution in [-0.4, -0.2) is 23.1 Å². The first-order chi connectivity index (χ1) is 8.52. The molecule has 6 heteroatoms. The average molecular weight is 254 g/mol. The van der Waals surface area contributed by atoms with Gasteiger partial charge in [-0.25, -0.2) is 9.18 Å². The van der Waals surface area contributed by atoms with E-state index in [0.717, 1.165) is 0 Å². The number of carboxylic acids is 1. The molecule has 1 unspecified atom stereocenters. The van der Waals surface area contributed by atoms with Gasteiger partial charge in [-0.1, -0.05) is 19.1 Å². The second-order valence-electron chi connectivity index (χ2n) is 3.78. The van der Waals surface area contributed by atoms with Gasteiger partial charge in [0.25, 0.3) is 0 Å². The monoisotopic (exact) mass is 254 g/mol. The van der Waals surface area contributed by atoms with Gasteiger partial charge in [-0.2, -0.15) is 0 Å². The molecule has 0 heterocycles. The quantitative estimate of drug-likeness (QED) is 0.753. The van der Waals surface area contributed by atoms with E-state index in [9.17, 15) is 14.0 Å². The van der Waals surface area contributed by atoms with Gasteiger partial charge in [-0.05, 0) is 18.6 Å². The summed E-state index contributed by atoms with van der Waals surface area (Å²) < 4.78 is 13.2. The molecule has 98 valence electrons. The van der Waals surface area contributed by atoms with E-state index in [-0.39, 0.29) is 12.1 Å². The molecule has 1 atom stereocenters. The fourth-order valence-corrected chi connectivity index (χ4v) is 1.41. The van der Waals surface area contributed by atoms with E-state index in [4.69, 9.17) is 5.11 Å². The number of nitrogens with one attached hydrogen (secondary N) is 2. The molecule has 0 fully saturated rings. The molecule has 0 saturated carbocycles. The van der Waals surface area contributed by atoms with Crippen molar-refractivity contribution in [3.05, 3.63) is 30.1 Å². The Labute approximate surface area is 104 Å². The van der Waals surface area contributed by atoms with Crippen LogP contribution in [0.15, 0.2) is 24.3 Å². The third-order valence-corrected chi connectivity index (χ3v) is 2.37. The molecule has 0 aliphatic carbocycles. The minimum atomic E-state index is -0.993. The molecule has 1 aromatic rings. The minimum absolute atomic E-state index is 0.0557. The molecule has 0 aliphatic heterocycles. The van der Waals surface area contributed by atoms with Crippen LogP contribution in [-0.2, 0) is 4.79 Å². The number of carbonyl (C=O) groups is 2. The zero-order valence-electron chi connectivity index (χ0n) is 9.94. The number of para-hydroxylation sites is 1. The fraction of sp³-hybridized carbons (Fsp3) is 0.333. The topological polar surface area (TPSA) is 78.4 Å². The van der Waals surface area contributed by atoms with Crippen molar-refractivity contribution in [3.63, 3.8) is 0 Å². The molecule has 0 saturated heterocycles. The van der Waals surface area contributed by atoms with Gasteiger partial charge in [0.05, 0.1) is 12.1 Å². The number of carboxylic acid groups (broad SMARTS) is 1. The van der Waals surface area contributed by atoms with Crippen LogP contribution in [0.25, 0.3) is 0 Å². The molecule has 5 nitrogen and oxygen atoms in total. The smallest absolute Gasteiger partial charge is 0.319 e. The molecule has 3 N–H and O–H groups in total. The number of benzene rings is 1. The maximum absolute atomic E-state index is 13.2. The van der Waals surface area contributed by atoms with Crippen LogP contribution in [0.5, 0.6) is 0 Å². The van der Waals surface area contributed by atoms with Gasteiger partial charge in [0.1, 0.15) is 5.82 Å².